The Bertz CT molecular complexity index is 1010. The third-order valence-electron chi connectivity index (χ3n) is 4.23. The summed E-state index contributed by atoms with van der Waals surface area (Å²) >= 11 is 17.9. The number of benzene rings is 3. The van der Waals surface area contributed by atoms with Gasteiger partial charge in [0.15, 0.2) is 0 Å². The van der Waals surface area contributed by atoms with E-state index < -0.39 is 5.91 Å². The van der Waals surface area contributed by atoms with Crippen molar-refractivity contribution in [3.05, 3.63) is 105 Å². The van der Waals surface area contributed by atoms with E-state index in [0.717, 1.165) is 11.1 Å². The van der Waals surface area contributed by atoms with Crippen LogP contribution >= 0.6 is 34.8 Å². The Labute approximate surface area is 183 Å². The second-order valence-electron chi connectivity index (χ2n) is 6.27. The zero-order valence-electron chi connectivity index (χ0n) is 15.2. The molecule has 0 aliphatic rings. The number of hydrogen-bond acceptors (Lipinski definition) is 2. The van der Waals surface area contributed by atoms with Crippen molar-refractivity contribution in [1.82, 2.24) is 10.6 Å². The van der Waals surface area contributed by atoms with E-state index in [1.165, 1.54) is 12.1 Å². The van der Waals surface area contributed by atoms with Gasteiger partial charge in [-0.3, -0.25) is 9.59 Å². The van der Waals surface area contributed by atoms with Crippen LogP contribution < -0.4 is 10.6 Å². The normalized spacial score (nSPS) is 11.6. The lowest BCUT2D eigenvalue weighted by atomic mass is 9.98. The van der Waals surface area contributed by atoms with Crippen LogP contribution in [-0.4, -0.2) is 18.4 Å². The minimum Gasteiger partial charge on any atom is -0.344 e. The van der Waals surface area contributed by atoms with Crippen molar-refractivity contribution in [3.8, 4) is 0 Å². The number of carbonyl (C=O) groups excluding carboxylic acids is 2. The molecule has 0 aliphatic heterocycles. The zero-order valence-corrected chi connectivity index (χ0v) is 17.4. The van der Waals surface area contributed by atoms with Crippen molar-refractivity contribution in [2.45, 2.75) is 6.04 Å². The lowest BCUT2D eigenvalue weighted by Gasteiger charge is -2.20. The van der Waals surface area contributed by atoms with Gasteiger partial charge in [0.2, 0.25) is 5.91 Å². The maximum Gasteiger partial charge on any atom is 0.253 e. The quantitative estimate of drug-likeness (QED) is 0.540. The molecule has 148 valence electrons. The van der Waals surface area contributed by atoms with Gasteiger partial charge in [0.05, 0.1) is 23.2 Å². The van der Waals surface area contributed by atoms with Crippen LogP contribution in [0.5, 0.6) is 0 Å². The van der Waals surface area contributed by atoms with Gasteiger partial charge >= 0.3 is 0 Å². The van der Waals surface area contributed by atoms with Gasteiger partial charge in [-0.05, 0) is 41.5 Å². The lowest BCUT2D eigenvalue weighted by molar-refractivity contribution is -0.120. The summed E-state index contributed by atoms with van der Waals surface area (Å²) < 4.78 is 0. The SMILES string of the molecule is O=C(CNC(=O)c1ccc(Cl)cc1Cl)NC(c1ccccc1)c1ccc(Cl)cc1. The minimum atomic E-state index is -0.454. The van der Waals surface area contributed by atoms with Crippen molar-refractivity contribution < 1.29 is 9.59 Å². The van der Waals surface area contributed by atoms with Crippen LogP contribution in [0.4, 0.5) is 0 Å². The summed E-state index contributed by atoms with van der Waals surface area (Å²) in [7, 11) is 0. The number of halogens is 3. The first-order valence-corrected chi connectivity index (χ1v) is 9.90. The van der Waals surface area contributed by atoms with E-state index in [4.69, 9.17) is 34.8 Å². The van der Waals surface area contributed by atoms with E-state index in [1.54, 1.807) is 18.2 Å². The van der Waals surface area contributed by atoms with Gasteiger partial charge < -0.3 is 10.6 Å². The fraction of sp³-hybridized carbons (Fsp3) is 0.0909. The van der Waals surface area contributed by atoms with Crippen LogP contribution in [0.3, 0.4) is 0 Å². The van der Waals surface area contributed by atoms with E-state index >= 15 is 0 Å². The standard InChI is InChI=1S/C22H17Cl3N2O2/c23-16-8-6-15(7-9-16)21(14-4-2-1-3-5-14)27-20(28)13-26-22(29)18-11-10-17(24)12-19(18)25/h1-12,21H,13H2,(H,26,29)(H,27,28). The third-order valence-corrected chi connectivity index (χ3v) is 5.03. The first-order chi connectivity index (χ1) is 13.9. The number of amides is 2. The molecule has 0 aromatic heterocycles. The van der Waals surface area contributed by atoms with E-state index in [-0.39, 0.29) is 29.1 Å². The van der Waals surface area contributed by atoms with Gasteiger partial charge in [-0.25, -0.2) is 0 Å². The first-order valence-electron chi connectivity index (χ1n) is 8.77. The van der Waals surface area contributed by atoms with E-state index in [2.05, 4.69) is 10.6 Å². The summed E-state index contributed by atoms with van der Waals surface area (Å²) in [5.41, 5.74) is 2.04. The highest BCUT2D eigenvalue weighted by molar-refractivity contribution is 6.36. The molecule has 0 fully saturated rings. The number of nitrogens with one attached hydrogen (secondary N) is 2. The second kappa shape index (κ2) is 9.79. The van der Waals surface area contributed by atoms with Crippen molar-refractivity contribution >= 4 is 46.6 Å². The molecule has 0 aliphatic carbocycles. The number of hydrogen-bond donors (Lipinski definition) is 2. The Morgan fingerprint density at radius 1 is 0.793 bits per heavy atom. The van der Waals surface area contributed by atoms with Crippen LogP contribution in [-0.2, 0) is 4.79 Å². The van der Waals surface area contributed by atoms with Gasteiger partial charge in [0, 0.05) is 10.0 Å². The zero-order chi connectivity index (χ0) is 20.8. The highest BCUT2D eigenvalue weighted by atomic mass is 35.5. The molecule has 2 amide bonds. The highest BCUT2D eigenvalue weighted by Crippen LogP contribution is 2.24. The summed E-state index contributed by atoms with van der Waals surface area (Å²) in [5.74, 6) is -0.795. The van der Waals surface area contributed by atoms with Gasteiger partial charge in [-0.2, -0.15) is 0 Å². The van der Waals surface area contributed by atoms with Crippen LogP contribution in [0.15, 0.2) is 72.8 Å². The molecular weight excluding hydrogens is 431 g/mol. The van der Waals surface area contributed by atoms with Crippen LogP contribution in [0.1, 0.15) is 27.5 Å². The largest absolute Gasteiger partial charge is 0.344 e. The Morgan fingerprint density at radius 3 is 2.07 bits per heavy atom. The summed E-state index contributed by atoms with van der Waals surface area (Å²) in [4.78, 5) is 24.8. The van der Waals surface area contributed by atoms with Crippen molar-refractivity contribution in [2.24, 2.45) is 0 Å². The molecule has 0 spiro atoms. The molecule has 0 heterocycles. The van der Waals surface area contributed by atoms with Crippen LogP contribution in [0.25, 0.3) is 0 Å². The fourth-order valence-corrected chi connectivity index (χ4v) is 3.42. The molecule has 0 radical (unpaired) electrons. The Balaban J connectivity index is 1.70. The molecule has 7 heteroatoms. The smallest absolute Gasteiger partial charge is 0.253 e. The number of carbonyl (C=O) groups is 2. The third kappa shape index (κ3) is 5.73. The maximum absolute atomic E-state index is 12.5. The molecule has 0 saturated heterocycles. The highest BCUT2D eigenvalue weighted by Gasteiger charge is 2.18. The van der Waals surface area contributed by atoms with Crippen LogP contribution in [0, 0.1) is 0 Å². The predicted octanol–water partition coefficient (Wildman–Crippen LogP) is 5.28. The van der Waals surface area contributed by atoms with Gasteiger partial charge in [0.25, 0.3) is 5.91 Å². The average molecular weight is 448 g/mol. The Hall–Kier alpha value is -2.53. The Kier molecular flexibility index (Phi) is 7.15. The molecule has 3 aromatic rings. The molecule has 1 unspecified atom stereocenters. The predicted molar refractivity (Wildman–Crippen MR) is 117 cm³/mol. The van der Waals surface area contributed by atoms with Gasteiger partial charge in [-0.15, -0.1) is 0 Å². The molecule has 3 aromatic carbocycles. The van der Waals surface area contributed by atoms with E-state index in [0.29, 0.717) is 10.0 Å². The maximum atomic E-state index is 12.5. The average Bonchev–Trinajstić information content (AvgIpc) is 2.71. The van der Waals surface area contributed by atoms with Gasteiger partial charge in [0.1, 0.15) is 0 Å². The fourth-order valence-electron chi connectivity index (χ4n) is 2.80. The van der Waals surface area contributed by atoms with Crippen molar-refractivity contribution in [3.63, 3.8) is 0 Å². The summed E-state index contributed by atoms with van der Waals surface area (Å²) in [6, 6.07) is 21.0. The monoisotopic (exact) mass is 446 g/mol. The van der Waals surface area contributed by atoms with E-state index in [9.17, 15) is 9.59 Å². The molecule has 1 atom stereocenters. The minimum absolute atomic E-state index is 0.200. The van der Waals surface area contributed by atoms with Crippen LogP contribution in [0.2, 0.25) is 15.1 Å². The molecule has 2 N–H and O–H groups in total. The van der Waals surface area contributed by atoms with Crippen molar-refractivity contribution in [2.75, 3.05) is 6.54 Å². The lowest BCUT2D eigenvalue weighted by Crippen LogP contribution is -2.39. The molecule has 3 rings (SSSR count). The summed E-state index contributed by atoms with van der Waals surface area (Å²) in [5, 5.41) is 6.79. The molecule has 4 nitrogen and oxygen atoms in total. The first kappa shape index (κ1) is 21.2. The second-order valence-corrected chi connectivity index (χ2v) is 7.55. The molecule has 29 heavy (non-hydrogen) atoms. The number of rotatable bonds is 6. The topological polar surface area (TPSA) is 58.2 Å². The Morgan fingerprint density at radius 2 is 1.41 bits per heavy atom. The van der Waals surface area contributed by atoms with E-state index in [1.807, 2.05) is 42.5 Å². The molecule has 0 bridgehead atoms. The van der Waals surface area contributed by atoms with Crippen molar-refractivity contribution in [1.29, 1.82) is 0 Å². The van der Waals surface area contributed by atoms with Gasteiger partial charge in [-0.1, -0.05) is 77.3 Å². The molecule has 0 saturated carbocycles. The molecular formula is C22H17Cl3N2O2. The summed E-state index contributed by atoms with van der Waals surface area (Å²) in [6.07, 6.45) is 0. The summed E-state index contributed by atoms with van der Waals surface area (Å²) in [6.45, 7) is -0.200.